The number of nitrogens with zero attached hydrogens (tertiary/aromatic N) is 2. The van der Waals surface area contributed by atoms with Gasteiger partial charge in [-0.2, -0.15) is 11.8 Å². The highest BCUT2D eigenvalue weighted by Gasteiger charge is 2.09. The lowest BCUT2D eigenvalue weighted by Crippen LogP contribution is -2.46. The zero-order chi connectivity index (χ0) is 10.9. The Hall–Kier alpha value is 0.230. The standard InChI is InChI=1S/C11H25N3S/c1-3-15-11-10-13(2)8-9-14-6-4-12-5-7-14/h12H,3-11H2,1-2H3. The van der Waals surface area contributed by atoms with Gasteiger partial charge in [0.25, 0.3) is 0 Å². The molecule has 0 aromatic rings. The van der Waals surface area contributed by atoms with Crippen LogP contribution >= 0.6 is 11.8 Å². The van der Waals surface area contributed by atoms with Gasteiger partial charge in [-0.15, -0.1) is 0 Å². The minimum atomic E-state index is 1.16. The number of rotatable bonds is 7. The second-order valence-electron chi connectivity index (χ2n) is 4.09. The molecule has 0 atom stereocenters. The third kappa shape index (κ3) is 6.40. The second kappa shape index (κ2) is 8.39. The Bertz CT molecular complexity index is 149. The van der Waals surface area contributed by atoms with E-state index >= 15 is 0 Å². The lowest BCUT2D eigenvalue weighted by atomic mass is 10.3. The van der Waals surface area contributed by atoms with Gasteiger partial charge in [-0.05, 0) is 12.8 Å². The maximum atomic E-state index is 3.39. The van der Waals surface area contributed by atoms with Crippen LogP contribution in [0.1, 0.15) is 6.92 Å². The van der Waals surface area contributed by atoms with E-state index in [-0.39, 0.29) is 0 Å². The van der Waals surface area contributed by atoms with Crippen molar-refractivity contribution in [3.63, 3.8) is 0 Å². The van der Waals surface area contributed by atoms with Crippen LogP contribution in [0.15, 0.2) is 0 Å². The molecule has 1 N–H and O–H groups in total. The van der Waals surface area contributed by atoms with E-state index < -0.39 is 0 Å². The van der Waals surface area contributed by atoms with Crippen LogP contribution in [-0.2, 0) is 0 Å². The van der Waals surface area contributed by atoms with Crippen LogP contribution in [0.4, 0.5) is 0 Å². The number of thioether (sulfide) groups is 1. The van der Waals surface area contributed by atoms with Crippen LogP contribution in [0.2, 0.25) is 0 Å². The molecule has 0 radical (unpaired) electrons. The van der Waals surface area contributed by atoms with Crippen molar-refractivity contribution in [1.29, 1.82) is 0 Å². The SMILES string of the molecule is CCSCCN(C)CCN1CCNCC1. The molecule has 1 aliphatic rings. The predicted octanol–water partition coefficient (Wildman–Crippen LogP) is 0.577. The van der Waals surface area contributed by atoms with Crippen LogP contribution in [0.25, 0.3) is 0 Å². The number of hydrogen-bond donors (Lipinski definition) is 1. The molecule has 90 valence electrons. The Labute approximate surface area is 98.6 Å². The lowest BCUT2D eigenvalue weighted by molar-refractivity contribution is 0.209. The molecule has 1 saturated heterocycles. The average Bonchev–Trinajstić information content (AvgIpc) is 2.28. The highest BCUT2D eigenvalue weighted by Crippen LogP contribution is 1.99. The topological polar surface area (TPSA) is 18.5 Å². The van der Waals surface area contributed by atoms with Gasteiger partial charge in [0, 0.05) is 51.6 Å². The molecular formula is C11H25N3S. The van der Waals surface area contributed by atoms with Crippen molar-refractivity contribution < 1.29 is 0 Å². The highest BCUT2D eigenvalue weighted by molar-refractivity contribution is 7.99. The van der Waals surface area contributed by atoms with Gasteiger partial charge in [0.1, 0.15) is 0 Å². The fraction of sp³-hybridized carbons (Fsp3) is 1.00. The molecule has 0 bridgehead atoms. The first kappa shape index (κ1) is 13.3. The Morgan fingerprint density at radius 3 is 2.67 bits per heavy atom. The van der Waals surface area contributed by atoms with E-state index in [1.165, 1.54) is 44.2 Å². The lowest BCUT2D eigenvalue weighted by Gasteiger charge is -2.29. The minimum Gasteiger partial charge on any atom is -0.314 e. The predicted molar refractivity (Wildman–Crippen MR) is 69.8 cm³/mol. The summed E-state index contributed by atoms with van der Waals surface area (Å²) in [6.45, 7) is 10.7. The highest BCUT2D eigenvalue weighted by atomic mass is 32.2. The number of likely N-dealkylation sites (N-methyl/N-ethyl adjacent to an activating group) is 1. The third-order valence-corrected chi connectivity index (χ3v) is 3.71. The van der Waals surface area contributed by atoms with Crippen molar-refractivity contribution in [2.24, 2.45) is 0 Å². The van der Waals surface area contributed by atoms with E-state index in [2.05, 4.69) is 29.1 Å². The molecule has 1 heterocycles. The molecular weight excluding hydrogens is 206 g/mol. The van der Waals surface area contributed by atoms with E-state index in [1.807, 2.05) is 11.8 Å². The third-order valence-electron chi connectivity index (χ3n) is 2.83. The van der Waals surface area contributed by atoms with Crippen molar-refractivity contribution in [1.82, 2.24) is 15.1 Å². The van der Waals surface area contributed by atoms with Crippen LogP contribution < -0.4 is 5.32 Å². The molecule has 0 unspecified atom stereocenters. The molecule has 0 aromatic heterocycles. The molecule has 4 heteroatoms. The molecule has 0 amide bonds. The van der Waals surface area contributed by atoms with Gasteiger partial charge in [0.2, 0.25) is 0 Å². The summed E-state index contributed by atoms with van der Waals surface area (Å²) in [6, 6.07) is 0. The van der Waals surface area contributed by atoms with Gasteiger partial charge >= 0.3 is 0 Å². The average molecular weight is 231 g/mol. The van der Waals surface area contributed by atoms with Crippen molar-refractivity contribution in [3.8, 4) is 0 Å². The summed E-state index contributed by atoms with van der Waals surface area (Å²) in [5.74, 6) is 2.51. The van der Waals surface area contributed by atoms with Gasteiger partial charge in [-0.3, -0.25) is 4.90 Å². The van der Waals surface area contributed by atoms with Gasteiger partial charge in [-0.25, -0.2) is 0 Å². The Kier molecular flexibility index (Phi) is 7.44. The molecule has 1 aliphatic heterocycles. The van der Waals surface area contributed by atoms with Crippen LogP contribution in [0.5, 0.6) is 0 Å². The first-order valence-corrected chi connectivity index (χ1v) is 7.17. The van der Waals surface area contributed by atoms with Gasteiger partial charge in [-0.1, -0.05) is 6.92 Å². The van der Waals surface area contributed by atoms with Gasteiger partial charge in [0.05, 0.1) is 0 Å². The fourth-order valence-corrected chi connectivity index (χ4v) is 2.45. The zero-order valence-corrected chi connectivity index (χ0v) is 11.0. The largest absolute Gasteiger partial charge is 0.314 e. The van der Waals surface area contributed by atoms with E-state index in [1.54, 1.807) is 0 Å². The molecule has 0 aromatic carbocycles. The van der Waals surface area contributed by atoms with Crippen molar-refractivity contribution in [2.45, 2.75) is 6.92 Å². The summed E-state index contributed by atoms with van der Waals surface area (Å²) in [5, 5.41) is 3.39. The maximum Gasteiger partial charge on any atom is 0.0110 e. The summed E-state index contributed by atoms with van der Waals surface area (Å²) in [6.07, 6.45) is 0. The maximum absolute atomic E-state index is 3.39. The summed E-state index contributed by atoms with van der Waals surface area (Å²) < 4.78 is 0. The summed E-state index contributed by atoms with van der Waals surface area (Å²) in [5.41, 5.74) is 0. The van der Waals surface area contributed by atoms with E-state index in [4.69, 9.17) is 0 Å². The Balaban J connectivity index is 1.97. The summed E-state index contributed by atoms with van der Waals surface area (Å²) in [7, 11) is 2.23. The number of nitrogens with one attached hydrogen (secondary N) is 1. The minimum absolute atomic E-state index is 1.16. The normalized spacial score (nSPS) is 18.6. The van der Waals surface area contributed by atoms with E-state index in [0.717, 1.165) is 13.1 Å². The van der Waals surface area contributed by atoms with Crippen LogP contribution in [0.3, 0.4) is 0 Å². The Morgan fingerprint density at radius 1 is 1.27 bits per heavy atom. The van der Waals surface area contributed by atoms with Gasteiger partial charge in [0.15, 0.2) is 0 Å². The van der Waals surface area contributed by atoms with Crippen LogP contribution in [-0.4, -0.2) is 74.2 Å². The molecule has 1 fully saturated rings. The monoisotopic (exact) mass is 231 g/mol. The van der Waals surface area contributed by atoms with E-state index in [9.17, 15) is 0 Å². The molecule has 0 aliphatic carbocycles. The fourth-order valence-electron chi connectivity index (χ4n) is 1.72. The molecule has 3 nitrogen and oxygen atoms in total. The zero-order valence-electron chi connectivity index (χ0n) is 10.2. The second-order valence-corrected chi connectivity index (χ2v) is 5.49. The molecule has 0 spiro atoms. The molecule has 15 heavy (non-hydrogen) atoms. The first-order chi connectivity index (χ1) is 7.33. The van der Waals surface area contributed by atoms with Crippen LogP contribution in [0, 0.1) is 0 Å². The smallest absolute Gasteiger partial charge is 0.0110 e. The Morgan fingerprint density at radius 2 is 2.00 bits per heavy atom. The quantitative estimate of drug-likeness (QED) is 0.646. The summed E-state index contributed by atoms with van der Waals surface area (Å²) >= 11 is 2.03. The van der Waals surface area contributed by atoms with Crippen molar-refractivity contribution >= 4 is 11.8 Å². The van der Waals surface area contributed by atoms with Crippen molar-refractivity contribution in [3.05, 3.63) is 0 Å². The molecule has 1 rings (SSSR count). The number of hydrogen-bond acceptors (Lipinski definition) is 4. The summed E-state index contributed by atoms with van der Waals surface area (Å²) in [4.78, 5) is 5.00. The first-order valence-electron chi connectivity index (χ1n) is 6.02. The molecule has 0 saturated carbocycles. The van der Waals surface area contributed by atoms with Gasteiger partial charge < -0.3 is 10.2 Å². The number of piperazine rings is 1. The van der Waals surface area contributed by atoms with Crippen molar-refractivity contribution in [2.75, 3.05) is 64.4 Å². The van der Waals surface area contributed by atoms with E-state index in [0.29, 0.717) is 0 Å².